The predicted molar refractivity (Wildman–Crippen MR) is 64.1 cm³/mol. The number of ether oxygens (including phenoxy) is 1. The normalized spacial score (nSPS) is 10.2. The SMILES string of the molecule is Clc1nc(Cl)nc(Oc2cccc(Br)c2)n1. The maximum absolute atomic E-state index is 5.61. The lowest BCUT2D eigenvalue weighted by Gasteiger charge is -2.03. The van der Waals surface area contributed by atoms with E-state index < -0.39 is 0 Å². The van der Waals surface area contributed by atoms with Gasteiger partial charge in [0.15, 0.2) is 0 Å². The summed E-state index contributed by atoms with van der Waals surface area (Å²) < 4.78 is 6.25. The van der Waals surface area contributed by atoms with Crippen LogP contribution in [0.15, 0.2) is 28.7 Å². The largest absolute Gasteiger partial charge is 0.424 e. The minimum absolute atomic E-state index is 0.00926. The Morgan fingerprint density at radius 1 is 1.06 bits per heavy atom. The number of rotatable bonds is 2. The molecule has 0 aliphatic rings. The summed E-state index contributed by atoms with van der Waals surface area (Å²) in [5.74, 6) is 0.577. The summed E-state index contributed by atoms with van der Waals surface area (Å²) in [7, 11) is 0. The molecule has 0 spiro atoms. The molecule has 0 aliphatic heterocycles. The lowest BCUT2D eigenvalue weighted by Crippen LogP contribution is -1.94. The first-order valence-electron chi connectivity index (χ1n) is 4.14. The second-order valence-corrected chi connectivity index (χ2v) is 4.31. The van der Waals surface area contributed by atoms with Gasteiger partial charge in [0.2, 0.25) is 10.6 Å². The van der Waals surface area contributed by atoms with Gasteiger partial charge in [-0.1, -0.05) is 22.0 Å². The molecule has 2 rings (SSSR count). The zero-order valence-electron chi connectivity index (χ0n) is 7.69. The van der Waals surface area contributed by atoms with E-state index in [4.69, 9.17) is 27.9 Å². The van der Waals surface area contributed by atoms with E-state index in [1.165, 1.54) is 0 Å². The Hall–Kier alpha value is -0.910. The molecule has 0 fully saturated rings. The molecule has 0 radical (unpaired) electrons. The summed E-state index contributed by atoms with van der Waals surface area (Å²) in [5, 5.41) is -0.0185. The molecule has 0 unspecified atom stereocenters. The maximum atomic E-state index is 5.61. The van der Waals surface area contributed by atoms with Crippen LogP contribution in [-0.4, -0.2) is 15.0 Å². The van der Waals surface area contributed by atoms with E-state index in [1.54, 1.807) is 12.1 Å². The lowest BCUT2D eigenvalue weighted by molar-refractivity contribution is 0.439. The summed E-state index contributed by atoms with van der Waals surface area (Å²) in [4.78, 5) is 11.2. The maximum Gasteiger partial charge on any atom is 0.327 e. The van der Waals surface area contributed by atoms with Gasteiger partial charge in [0, 0.05) is 4.47 Å². The number of hydrogen-bond donors (Lipinski definition) is 0. The van der Waals surface area contributed by atoms with Gasteiger partial charge in [0.1, 0.15) is 5.75 Å². The van der Waals surface area contributed by atoms with Gasteiger partial charge in [-0.25, -0.2) is 0 Å². The lowest BCUT2D eigenvalue weighted by atomic mass is 10.3. The molecule has 0 N–H and O–H groups in total. The van der Waals surface area contributed by atoms with Crippen LogP contribution in [0.5, 0.6) is 11.8 Å². The van der Waals surface area contributed by atoms with Crippen molar-refractivity contribution in [3.8, 4) is 11.8 Å². The minimum Gasteiger partial charge on any atom is -0.424 e. The van der Waals surface area contributed by atoms with Crippen LogP contribution in [0, 0.1) is 0 Å². The molecule has 1 aromatic carbocycles. The van der Waals surface area contributed by atoms with Crippen molar-refractivity contribution in [2.45, 2.75) is 0 Å². The van der Waals surface area contributed by atoms with Gasteiger partial charge in [0.05, 0.1) is 0 Å². The highest BCUT2D eigenvalue weighted by Gasteiger charge is 2.05. The number of halogens is 3. The van der Waals surface area contributed by atoms with E-state index in [1.807, 2.05) is 12.1 Å². The molecule has 1 heterocycles. The highest BCUT2D eigenvalue weighted by atomic mass is 79.9. The molecule has 16 heavy (non-hydrogen) atoms. The molecular formula is C9H4BrCl2N3O. The Bertz CT molecular complexity index is 504. The summed E-state index contributed by atoms with van der Waals surface area (Å²) >= 11 is 14.5. The molecule has 0 amide bonds. The van der Waals surface area contributed by atoms with Gasteiger partial charge in [0.25, 0.3) is 0 Å². The highest BCUT2D eigenvalue weighted by Crippen LogP contribution is 2.23. The Balaban J connectivity index is 2.27. The summed E-state index contributed by atoms with van der Waals surface area (Å²) in [5.41, 5.74) is 0. The van der Waals surface area contributed by atoms with E-state index in [0.717, 1.165) is 4.47 Å². The van der Waals surface area contributed by atoms with Crippen molar-refractivity contribution in [3.63, 3.8) is 0 Å². The van der Waals surface area contributed by atoms with Crippen LogP contribution >= 0.6 is 39.1 Å². The third kappa shape index (κ3) is 3.04. The van der Waals surface area contributed by atoms with E-state index >= 15 is 0 Å². The molecule has 82 valence electrons. The van der Waals surface area contributed by atoms with E-state index in [-0.39, 0.29) is 16.6 Å². The fourth-order valence-electron chi connectivity index (χ4n) is 0.991. The summed E-state index contributed by atoms with van der Waals surface area (Å²) in [6.07, 6.45) is 0. The second kappa shape index (κ2) is 4.95. The first-order chi connectivity index (χ1) is 7.63. The van der Waals surface area contributed by atoms with Crippen LogP contribution in [0.25, 0.3) is 0 Å². The van der Waals surface area contributed by atoms with Crippen molar-refractivity contribution in [2.24, 2.45) is 0 Å². The fourth-order valence-corrected chi connectivity index (χ4v) is 1.72. The molecule has 1 aromatic heterocycles. The topological polar surface area (TPSA) is 47.9 Å². The molecule has 0 bridgehead atoms. The number of nitrogens with zero attached hydrogens (tertiary/aromatic N) is 3. The van der Waals surface area contributed by atoms with Gasteiger partial charge in [-0.05, 0) is 41.4 Å². The quantitative estimate of drug-likeness (QED) is 0.845. The summed E-state index contributed by atoms with van der Waals surface area (Å²) in [6.45, 7) is 0. The van der Waals surface area contributed by atoms with E-state index in [2.05, 4.69) is 30.9 Å². The van der Waals surface area contributed by atoms with Crippen LogP contribution in [0.1, 0.15) is 0 Å². The number of hydrogen-bond acceptors (Lipinski definition) is 4. The molecular weight excluding hydrogens is 317 g/mol. The Morgan fingerprint density at radius 2 is 1.75 bits per heavy atom. The van der Waals surface area contributed by atoms with Crippen LogP contribution in [0.4, 0.5) is 0 Å². The van der Waals surface area contributed by atoms with Crippen LogP contribution in [0.3, 0.4) is 0 Å². The molecule has 0 atom stereocenters. The molecule has 4 nitrogen and oxygen atoms in total. The van der Waals surface area contributed by atoms with Gasteiger partial charge < -0.3 is 4.74 Å². The average Bonchev–Trinajstić information content (AvgIpc) is 2.15. The van der Waals surface area contributed by atoms with Crippen molar-refractivity contribution in [1.29, 1.82) is 0 Å². The zero-order chi connectivity index (χ0) is 11.5. The molecule has 0 saturated carbocycles. The molecule has 0 aliphatic carbocycles. The van der Waals surface area contributed by atoms with Crippen LogP contribution in [-0.2, 0) is 0 Å². The second-order valence-electron chi connectivity index (χ2n) is 2.72. The van der Waals surface area contributed by atoms with Gasteiger partial charge in [-0.3, -0.25) is 0 Å². The van der Waals surface area contributed by atoms with Gasteiger partial charge >= 0.3 is 6.01 Å². The number of benzene rings is 1. The van der Waals surface area contributed by atoms with Crippen molar-refractivity contribution < 1.29 is 4.74 Å². The Morgan fingerprint density at radius 3 is 2.38 bits per heavy atom. The smallest absolute Gasteiger partial charge is 0.327 e. The molecule has 0 saturated heterocycles. The third-order valence-electron chi connectivity index (χ3n) is 1.57. The van der Waals surface area contributed by atoms with E-state index in [9.17, 15) is 0 Å². The average molecular weight is 321 g/mol. The van der Waals surface area contributed by atoms with Crippen LogP contribution < -0.4 is 4.74 Å². The first kappa shape index (κ1) is 11.6. The van der Waals surface area contributed by atoms with Crippen molar-refractivity contribution in [2.75, 3.05) is 0 Å². The van der Waals surface area contributed by atoms with Crippen molar-refractivity contribution in [1.82, 2.24) is 15.0 Å². The highest BCUT2D eigenvalue weighted by molar-refractivity contribution is 9.10. The minimum atomic E-state index is -0.00926. The van der Waals surface area contributed by atoms with Crippen molar-refractivity contribution >= 4 is 39.1 Å². The monoisotopic (exact) mass is 319 g/mol. The van der Waals surface area contributed by atoms with Gasteiger partial charge in [-0.2, -0.15) is 15.0 Å². The van der Waals surface area contributed by atoms with Crippen LogP contribution in [0.2, 0.25) is 10.6 Å². The molecule has 7 heteroatoms. The molecule has 2 aromatic rings. The standard InChI is InChI=1S/C9H4BrCl2N3O/c10-5-2-1-3-6(4-5)16-9-14-7(11)13-8(12)15-9/h1-4H. The number of aromatic nitrogens is 3. The predicted octanol–water partition coefficient (Wildman–Crippen LogP) is 3.73. The zero-order valence-corrected chi connectivity index (χ0v) is 10.8. The third-order valence-corrected chi connectivity index (χ3v) is 2.40. The van der Waals surface area contributed by atoms with Crippen molar-refractivity contribution in [3.05, 3.63) is 39.3 Å². The fraction of sp³-hybridized carbons (Fsp3) is 0. The Labute approximate surface area is 110 Å². The van der Waals surface area contributed by atoms with Gasteiger partial charge in [-0.15, -0.1) is 0 Å². The Kier molecular flexibility index (Phi) is 3.58. The first-order valence-corrected chi connectivity index (χ1v) is 5.69. The van der Waals surface area contributed by atoms with E-state index in [0.29, 0.717) is 5.75 Å². The summed E-state index contributed by atoms with van der Waals surface area (Å²) in [6, 6.07) is 7.29.